The fourth-order valence-electron chi connectivity index (χ4n) is 3.43. The zero-order valence-corrected chi connectivity index (χ0v) is 21.3. The Labute approximate surface area is 223 Å². The Hall–Kier alpha value is -3.47. The summed E-state index contributed by atoms with van der Waals surface area (Å²) in [5.41, 5.74) is 4.93. The molecule has 0 heterocycles. The minimum absolute atomic E-state index is 0.113. The Bertz CT molecular complexity index is 1250. The number of halogens is 2. The van der Waals surface area contributed by atoms with Gasteiger partial charge in [-0.15, -0.1) is 0 Å². The minimum Gasteiger partial charge on any atom is -0.391 e. The van der Waals surface area contributed by atoms with Crippen molar-refractivity contribution in [3.8, 4) is 11.1 Å². The third kappa shape index (κ3) is 8.01. The van der Waals surface area contributed by atoms with Crippen molar-refractivity contribution in [3.05, 3.63) is 87.9 Å². The number of rotatable bonds is 10. The highest BCUT2D eigenvalue weighted by Gasteiger charge is 2.25. The molecule has 9 nitrogen and oxygen atoms in total. The molecule has 0 aliphatic rings. The average molecular weight is 545 g/mol. The molecule has 3 aromatic rings. The number of anilines is 1. The van der Waals surface area contributed by atoms with Crippen molar-refractivity contribution >= 4 is 46.6 Å². The summed E-state index contributed by atoms with van der Waals surface area (Å²) >= 11 is 11.9. The van der Waals surface area contributed by atoms with Gasteiger partial charge >= 0.3 is 0 Å². The molecule has 0 saturated heterocycles. The van der Waals surface area contributed by atoms with Gasteiger partial charge in [-0.05, 0) is 60.0 Å². The third-order valence-corrected chi connectivity index (χ3v) is 6.15. The molecule has 0 fully saturated rings. The summed E-state index contributed by atoms with van der Waals surface area (Å²) in [5, 5.41) is 27.6. The van der Waals surface area contributed by atoms with Gasteiger partial charge in [0.2, 0.25) is 5.91 Å². The number of nitrogens with one attached hydrogen (secondary N) is 4. The average Bonchev–Trinajstić information content (AvgIpc) is 2.89. The Morgan fingerprint density at radius 2 is 1.51 bits per heavy atom. The second-order valence-electron chi connectivity index (χ2n) is 8.22. The molecule has 0 radical (unpaired) electrons. The van der Waals surface area contributed by atoms with Gasteiger partial charge in [0.05, 0.1) is 22.7 Å². The molecule has 0 unspecified atom stereocenters. The van der Waals surface area contributed by atoms with E-state index in [0.29, 0.717) is 22.3 Å². The standard InChI is InChI=1S/C26H26Cl2N4O5/c1-15(33)24(26(36)32-37)31-25(35)19-5-3-17(4-6-19)18-7-9-20(10-8-18)30-23(34)14-29-13-16-2-11-21(27)22(28)12-16/h2-12,15,24,29,33,37H,13-14H2,1H3,(H,30,34)(H,31,35)(H,32,36)/t15-,24+/m1/s1. The number of carbonyl (C=O) groups excluding carboxylic acids is 3. The lowest BCUT2D eigenvalue weighted by atomic mass is 10.0. The van der Waals surface area contributed by atoms with E-state index in [1.165, 1.54) is 12.4 Å². The van der Waals surface area contributed by atoms with Gasteiger partial charge in [0.15, 0.2) is 0 Å². The Morgan fingerprint density at radius 3 is 2.08 bits per heavy atom. The molecule has 37 heavy (non-hydrogen) atoms. The van der Waals surface area contributed by atoms with E-state index in [9.17, 15) is 19.5 Å². The van der Waals surface area contributed by atoms with Gasteiger partial charge in [0, 0.05) is 17.8 Å². The normalized spacial score (nSPS) is 12.4. The zero-order chi connectivity index (χ0) is 26.9. The topological polar surface area (TPSA) is 140 Å². The van der Waals surface area contributed by atoms with Crippen molar-refractivity contribution in [2.45, 2.75) is 25.6 Å². The summed E-state index contributed by atoms with van der Waals surface area (Å²) in [6, 6.07) is 17.8. The number of benzene rings is 3. The maximum atomic E-state index is 12.4. The summed E-state index contributed by atoms with van der Waals surface area (Å²) < 4.78 is 0. The van der Waals surface area contributed by atoms with Crippen molar-refractivity contribution in [1.29, 1.82) is 0 Å². The molecule has 0 aliphatic carbocycles. The van der Waals surface area contributed by atoms with Crippen LogP contribution in [-0.4, -0.2) is 46.7 Å². The summed E-state index contributed by atoms with van der Waals surface area (Å²) in [6.45, 7) is 1.90. The number of hydrogen-bond acceptors (Lipinski definition) is 6. The summed E-state index contributed by atoms with van der Waals surface area (Å²) in [4.78, 5) is 36.3. The molecule has 11 heteroatoms. The molecule has 0 saturated carbocycles. The Balaban J connectivity index is 1.53. The number of amides is 3. The number of hydrogen-bond donors (Lipinski definition) is 6. The molecular formula is C26H26Cl2N4O5. The van der Waals surface area contributed by atoms with Crippen molar-refractivity contribution in [2.75, 3.05) is 11.9 Å². The Kier molecular flexibility index (Phi) is 10.0. The molecule has 3 rings (SSSR count). The lowest BCUT2D eigenvalue weighted by Crippen LogP contribution is -2.51. The lowest BCUT2D eigenvalue weighted by Gasteiger charge is -2.19. The van der Waals surface area contributed by atoms with Crippen molar-refractivity contribution < 1.29 is 24.7 Å². The molecule has 3 aromatic carbocycles. The quantitative estimate of drug-likeness (QED) is 0.171. The highest BCUT2D eigenvalue weighted by molar-refractivity contribution is 6.42. The van der Waals surface area contributed by atoms with Crippen LogP contribution >= 0.6 is 23.2 Å². The van der Waals surface area contributed by atoms with E-state index in [1.807, 2.05) is 18.2 Å². The van der Waals surface area contributed by atoms with Crippen LogP contribution < -0.4 is 21.4 Å². The molecule has 2 atom stereocenters. The van der Waals surface area contributed by atoms with E-state index in [4.69, 9.17) is 28.4 Å². The first-order valence-electron chi connectivity index (χ1n) is 11.3. The van der Waals surface area contributed by atoms with E-state index >= 15 is 0 Å². The van der Waals surface area contributed by atoms with Crippen LogP contribution in [0.4, 0.5) is 5.69 Å². The van der Waals surface area contributed by atoms with E-state index < -0.39 is 24.0 Å². The maximum Gasteiger partial charge on any atom is 0.268 e. The maximum absolute atomic E-state index is 12.4. The van der Waals surface area contributed by atoms with Crippen molar-refractivity contribution in [1.82, 2.24) is 16.1 Å². The second-order valence-corrected chi connectivity index (χ2v) is 9.04. The SMILES string of the molecule is C[C@@H](O)[C@H](NC(=O)c1ccc(-c2ccc(NC(=O)CNCc3ccc(Cl)c(Cl)c3)cc2)cc1)C(=O)NO. The van der Waals surface area contributed by atoms with Crippen LogP contribution in [0.2, 0.25) is 10.0 Å². The largest absolute Gasteiger partial charge is 0.391 e. The number of aliphatic hydroxyl groups excluding tert-OH is 1. The summed E-state index contributed by atoms with van der Waals surface area (Å²) in [5.74, 6) is -1.70. The predicted octanol–water partition coefficient (Wildman–Crippen LogP) is 3.37. The fraction of sp³-hybridized carbons (Fsp3) is 0.192. The first-order chi connectivity index (χ1) is 17.7. The summed E-state index contributed by atoms with van der Waals surface area (Å²) in [7, 11) is 0. The monoisotopic (exact) mass is 544 g/mol. The van der Waals surface area contributed by atoms with Gasteiger partial charge in [-0.25, -0.2) is 5.48 Å². The van der Waals surface area contributed by atoms with Crippen LogP contribution in [0.3, 0.4) is 0 Å². The molecule has 0 bridgehead atoms. The van der Waals surface area contributed by atoms with Crippen LogP contribution in [0.15, 0.2) is 66.7 Å². The van der Waals surface area contributed by atoms with E-state index in [2.05, 4.69) is 16.0 Å². The smallest absolute Gasteiger partial charge is 0.268 e. The van der Waals surface area contributed by atoms with Gasteiger partial charge < -0.3 is 21.1 Å². The van der Waals surface area contributed by atoms with E-state index in [1.54, 1.807) is 48.5 Å². The van der Waals surface area contributed by atoms with Gasteiger partial charge in [-0.3, -0.25) is 19.6 Å². The van der Waals surface area contributed by atoms with Crippen LogP contribution in [0, 0.1) is 0 Å². The van der Waals surface area contributed by atoms with Crippen LogP contribution in [0.1, 0.15) is 22.8 Å². The molecule has 0 aliphatic heterocycles. The van der Waals surface area contributed by atoms with Crippen LogP contribution in [0.25, 0.3) is 11.1 Å². The van der Waals surface area contributed by atoms with Gasteiger partial charge in [-0.2, -0.15) is 0 Å². The minimum atomic E-state index is -1.30. The van der Waals surface area contributed by atoms with Gasteiger partial charge in [0.1, 0.15) is 6.04 Å². The molecular weight excluding hydrogens is 519 g/mol. The van der Waals surface area contributed by atoms with Crippen molar-refractivity contribution in [2.24, 2.45) is 0 Å². The molecule has 6 N–H and O–H groups in total. The highest BCUT2D eigenvalue weighted by Crippen LogP contribution is 2.23. The zero-order valence-electron chi connectivity index (χ0n) is 19.8. The number of carbonyl (C=O) groups is 3. The molecule has 3 amide bonds. The first-order valence-corrected chi connectivity index (χ1v) is 12.0. The van der Waals surface area contributed by atoms with Crippen LogP contribution in [0.5, 0.6) is 0 Å². The highest BCUT2D eigenvalue weighted by atomic mass is 35.5. The first kappa shape index (κ1) is 28.1. The number of hydroxylamine groups is 1. The Morgan fingerprint density at radius 1 is 0.892 bits per heavy atom. The van der Waals surface area contributed by atoms with Crippen LogP contribution in [-0.2, 0) is 16.1 Å². The molecule has 194 valence electrons. The number of aliphatic hydroxyl groups is 1. The van der Waals surface area contributed by atoms with E-state index in [0.717, 1.165) is 16.7 Å². The molecule has 0 spiro atoms. The van der Waals surface area contributed by atoms with Crippen molar-refractivity contribution in [3.63, 3.8) is 0 Å². The van der Waals surface area contributed by atoms with E-state index in [-0.39, 0.29) is 18.0 Å². The predicted molar refractivity (Wildman–Crippen MR) is 142 cm³/mol. The second kappa shape index (κ2) is 13.2. The van der Waals surface area contributed by atoms with Gasteiger partial charge in [-0.1, -0.05) is 53.5 Å². The third-order valence-electron chi connectivity index (χ3n) is 5.41. The van der Waals surface area contributed by atoms with Gasteiger partial charge in [0.25, 0.3) is 11.8 Å². The fourth-order valence-corrected chi connectivity index (χ4v) is 3.76. The lowest BCUT2D eigenvalue weighted by molar-refractivity contribution is -0.133. The summed E-state index contributed by atoms with van der Waals surface area (Å²) in [6.07, 6.45) is -1.20. The molecule has 0 aromatic heterocycles.